The minimum Gasteiger partial charge on any atom is -0.271 e. The monoisotopic (exact) mass is 504 g/mol. The average Bonchev–Trinajstić information content (AvgIpc) is 2.79. The molecule has 1 N–H and O–H groups in total. The van der Waals surface area contributed by atoms with Crippen LogP contribution in [0.3, 0.4) is 0 Å². The number of rotatable bonds is 8. The van der Waals surface area contributed by atoms with Gasteiger partial charge in [-0.3, -0.25) is 19.2 Å². The van der Waals surface area contributed by atoms with Crippen molar-refractivity contribution in [1.29, 1.82) is 0 Å². The Labute approximate surface area is 199 Å². The lowest BCUT2D eigenvalue weighted by atomic mass is 10.2. The fraction of sp³-hybridized carbons (Fsp3) is 0.0909. The van der Waals surface area contributed by atoms with E-state index in [-0.39, 0.29) is 26.9 Å². The van der Waals surface area contributed by atoms with Gasteiger partial charge >= 0.3 is 0 Å². The van der Waals surface area contributed by atoms with Crippen LogP contribution in [-0.2, 0) is 14.8 Å². The maximum atomic E-state index is 13.4. The molecular formula is C22H18ClFN4O5S. The summed E-state index contributed by atoms with van der Waals surface area (Å²) in [5, 5.41) is 14.8. The number of carbonyl (C=O) groups is 1. The van der Waals surface area contributed by atoms with E-state index in [0.29, 0.717) is 0 Å². The van der Waals surface area contributed by atoms with Crippen LogP contribution in [0.5, 0.6) is 0 Å². The Hall–Kier alpha value is -3.83. The van der Waals surface area contributed by atoms with Crippen molar-refractivity contribution in [2.24, 2.45) is 5.10 Å². The number of halogens is 2. The molecule has 0 unspecified atom stereocenters. The highest BCUT2D eigenvalue weighted by Gasteiger charge is 2.27. The van der Waals surface area contributed by atoms with Crippen LogP contribution in [0, 0.1) is 22.9 Å². The summed E-state index contributed by atoms with van der Waals surface area (Å²) in [4.78, 5) is 22.8. The molecule has 0 aliphatic rings. The lowest BCUT2D eigenvalue weighted by Gasteiger charge is -2.23. The van der Waals surface area contributed by atoms with E-state index in [2.05, 4.69) is 10.5 Å². The summed E-state index contributed by atoms with van der Waals surface area (Å²) in [6, 6.07) is 14.4. The molecule has 0 saturated carbocycles. The summed E-state index contributed by atoms with van der Waals surface area (Å²) in [7, 11) is -4.18. The quantitative estimate of drug-likeness (QED) is 0.282. The van der Waals surface area contributed by atoms with Gasteiger partial charge in [-0.25, -0.2) is 18.2 Å². The van der Waals surface area contributed by atoms with Gasteiger partial charge in [0.1, 0.15) is 12.4 Å². The normalized spacial score (nSPS) is 11.4. The molecule has 3 aromatic rings. The molecule has 34 heavy (non-hydrogen) atoms. The Morgan fingerprint density at radius 2 is 1.79 bits per heavy atom. The van der Waals surface area contributed by atoms with Gasteiger partial charge in [-0.05, 0) is 49.4 Å². The molecule has 0 fully saturated rings. The predicted molar refractivity (Wildman–Crippen MR) is 126 cm³/mol. The Balaban J connectivity index is 1.84. The van der Waals surface area contributed by atoms with Gasteiger partial charge in [-0.2, -0.15) is 5.10 Å². The van der Waals surface area contributed by atoms with Gasteiger partial charge in [-0.1, -0.05) is 29.3 Å². The van der Waals surface area contributed by atoms with Crippen LogP contribution >= 0.6 is 11.6 Å². The zero-order valence-corrected chi connectivity index (χ0v) is 19.3. The summed E-state index contributed by atoms with van der Waals surface area (Å²) in [5.74, 6) is -1.38. The molecule has 0 spiro atoms. The summed E-state index contributed by atoms with van der Waals surface area (Å²) in [6.07, 6.45) is 1.10. The van der Waals surface area contributed by atoms with E-state index in [9.17, 15) is 27.7 Å². The number of hydrazone groups is 1. The van der Waals surface area contributed by atoms with Crippen molar-refractivity contribution in [2.45, 2.75) is 11.8 Å². The molecule has 0 heterocycles. The summed E-state index contributed by atoms with van der Waals surface area (Å²) >= 11 is 5.99. The molecule has 12 heteroatoms. The highest BCUT2D eigenvalue weighted by molar-refractivity contribution is 7.92. The Bertz CT molecular complexity index is 1350. The van der Waals surface area contributed by atoms with Gasteiger partial charge in [0.15, 0.2) is 0 Å². The third-order valence-corrected chi connectivity index (χ3v) is 6.73. The Kier molecular flexibility index (Phi) is 7.59. The van der Waals surface area contributed by atoms with Gasteiger partial charge in [-0.15, -0.1) is 0 Å². The van der Waals surface area contributed by atoms with Crippen LogP contribution in [0.25, 0.3) is 0 Å². The fourth-order valence-electron chi connectivity index (χ4n) is 2.84. The van der Waals surface area contributed by atoms with Crippen molar-refractivity contribution >= 4 is 45.1 Å². The molecule has 3 aromatic carbocycles. The second kappa shape index (κ2) is 10.4. The van der Waals surface area contributed by atoms with Crippen LogP contribution in [0.1, 0.15) is 11.1 Å². The van der Waals surface area contributed by atoms with E-state index in [0.717, 1.165) is 28.2 Å². The number of anilines is 1. The Morgan fingerprint density at radius 1 is 1.15 bits per heavy atom. The lowest BCUT2D eigenvalue weighted by molar-refractivity contribution is -0.384. The summed E-state index contributed by atoms with van der Waals surface area (Å²) < 4.78 is 40.7. The second-order valence-corrected chi connectivity index (χ2v) is 9.33. The molecule has 0 radical (unpaired) electrons. The van der Waals surface area contributed by atoms with E-state index in [1.54, 1.807) is 19.1 Å². The number of sulfonamides is 1. The fourth-order valence-corrected chi connectivity index (χ4v) is 4.43. The number of non-ortho nitro benzene ring substituents is 1. The van der Waals surface area contributed by atoms with E-state index in [1.807, 2.05) is 0 Å². The van der Waals surface area contributed by atoms with E-state index < -0.39 is 33.2 Å². The van der Waals surface area contributed by atoms with Crippen molar-refractivity contribution in [2.75, 3.05) is 10.8 Å². The third kappa shape index (κ3) is 5.94. The van der Waals surface area contributed by atoms with Crippen molar-refractivity contribution in [3.8, 4) is 0 Å². The van der Waals surface area contributed by atoms with E-state index >= 15 is 0 Å². The first-order valence-electron chi connectivity index (χ1n) is 9.69. The van der Waals surface area contributed by atoms with Gasteiger partial charge < -0.3 is 0 Å². The molecule has 0 atom stereocenters. The van der Waals surface area contributed by atoms with Gasteiger partial charge in [0, 0.05) is 22.7 Å². The molecule has 0 aliphatic heterocycles. The number of nitrogens with one attached hydrogen (secondary N) is 1. The van der Waals surface area contributed by atoms with Crippen LogP contribution < -0.4 is 9.73 Å². The topological polar surface area (TPSA) is 122 Å². The highest BCUT2D eigenvalue weighted by Crippen LogP contribution is 2.24. The second-order valence-electron chi connectivity index (χ2n) is 7.06. The molecule has 0 aliphatic carbocycles. The van der Waals surface area contributed by atoms with Crippen molar-refractivity contribution < 1.29 is 22.5 Å². The molecule has 0 aromatic heterocycles. The number of amides is 1. The maximum Gasteiger partial charge on any atom is 0.270 e. The van der Waals surface area contributed by atoms with Crippen molar-refractivity contribution in [3.63, 3.8) is 0 Å². The van der Waals surface area contributed by atoms with Gasteiger partial charge in [0.05, 0.1) is 21.7 Å². The molecule has 1 amide bonds. The van der Waals surface area contributed by atoms with Crippen molar-refractivity contribution in [1.82, 2.24) is 5.43 Å². The zero-order chi connectivity index (χ0) is 24.9. The minimum atomic E-state index is -4.18. The number of benzene rings is 3. The van der Waals surface area contributed by atoms with Crippen LogP contribution in [0.2, 0.25) is 5.02 Å². The molecule has 176 valence electrons. The van der Waals surface area contributed by atoms with Crippen LogP contribution in [0.4, 0.5) is 15.8 Å². The van der Waals surface area contributed by atoms with E-state index in [1.165, 1.54) is 42.5 Å². The number of nitro groups is 1. The molecule has 0 bridgehead atoms. The molecule has 9 nitrogen and oxygen atoms in total. The first-order chi connectivity index (χ1) is 16.1. The number of nitro benzene ring substituents is 1. The number of aryl methyl sites for hydroxylation is 1. The zero-order valence-electron chi connectivity index (χ0n) is 17.7. The lowest BCUT2D eigenvalue weighted by Crippen LogP contribution is -2.39. The smallest absolute Gasteiger partial charge is 0.270 e. The van der Waals surface area contributed by atoms with Crippen molar-refractivity contribution in [3.05, 3.63) is 98.8 Å². The van der Waals surface area contributed by atoms with Crippen LogP contribution in [-0.4, -0.2) is 32.0 Å². The maximum absolute atomic E-state index is 13.4. The summed E-state index contributed by atoms with van der Waals surface area (Å²) in [6.45, 7) is 1.13. The van der Waals surface area contributed by atoms with Crippen LogP contribution in [0.15, 0.2) is 76.7 Å². The average molecular weight is 505 g/mol. The number of nitrogens with zero attached hydrogens (tertiary/aromatic N) is 3. The predicted octanol–water partition coefficient (Wildman–Crippen LogP) is 4.04. The molecule has 3 rings (SSSR count). The van der Waals surface area contributed by atoms with Gasteiger partial charge in [0.25, 0.3) is 21.6 Å². The summed E-state index contributed by atoms with van der Waals surface area (Å²) in [5.41, 5.74) is 3.05. The third-order valence-electron chi connectivity index (χ3n) is 4.59. The first-order valence-corrected chi connectivity index (χ1v) is 11.5. The number of hydrogen-bond acceptors (Lipinski definition) is 6. The minimum absolute atomic E-state index is 0.0536. The molecular weight excluding hydrogens is 487 g/mol. The highest BCUT2D eigenvalue weighted by atomic mass is 35.5. The van der Waals surface area contributed by atoms with Gasteiger partial charge in [0.2, 0.25) is 0 Å². The largest absolute Gasteiger partial charge is 0.271 e. The Morgan fingerprint density at radius 3 is 2.41 bits per heavy atom. The van der Waals surface area contributed by atoms with E-state index in [4.69, 9.17) is 11.6 Å². The SMILES string of the molecule is Cc1ccc(S(=O)(=O)N(CC(=O)N/N=C\c2cc([N+](=O)[O-])ccc2Cl)c2ccc(F)cc2)cc1. The standard InChI is InChI=1S/C22H18ClFN4O5S/c1-15-2-9-20(10-3-15)34(32,33)27(18-6-4-17(24)5-7-18)14-22(29)26-25-13-16-12-19(28(30)31)8-11-21(16)23/h2-13H,14H2,1H3,(H,26,29)/b25-13-. The molecule has 0 saturated heterocycles. The number of carbonyl (C=O) groups excluding carboxylic acids is 1. The first kappa shape index (κ1) is 24.8. The number of hydrogen-bond donors (Lipinski definition) is 1.